The van der Waals surface area contributed by atoms with E-state index in [9.17, 15) is 14.7 Å². The van der Waals surface area contributed by atoms with Gasteiger partial charge in [0.05, 0.1) is 11.9 Å². The summed E-state index contributed by atoms with van der Waals surface area (Å²) in [5.41, 5.74) is 1.89. The van der Waals surface area contributed by atoms with Crippen LogP contribution in [0.25, 0.3) is 10.9 Å². The summed E-state index contributed by atoms with van der Waals surface area (Å²) >= 11 is 3.37. The van der Waals surface area contributed by atoms with Crippen molar-refractivity contribution in [3.05, 3.63) is 63.8 Å². The molecule has 0 amide bonds. The first-order chi connectivity index (χ1) is 13.1. The second-order valence-electron chi connectivity index (χ2n) is 7.68. The number of nitrogens with zero attached hydrogens (tertiary/aromatic N) is 1. The molecule has 0 bridgehead atoms. The van der Waals surface area contributed by atoms with Gasteiger partial charge in [0.1, 0.15) is 11.4 Å². The largest absolute Gasteiger partial charge is 0.508 e. The molecule has 0 spiro atoms. The molecular formula is C22H22BrNO4. The van der Waals surface area contributed by atoms with Gasteiger partial charge in [-0.25, -0.2) is 0 Å². The minimum atomic E-state index is -0.598. The number of ether oxygens (including phenoxy) is 1. The lowest BCUT2D eigenvalue weighted by molar-refractivity contribution is -0.153. The SMILES string of the molecule is Cc1c(CC(=O)OC(C)(C)C)c2cc(O)ccc2n1C(=O)c1ccc(Br)cc1. The Balaban J connectivity index is 2.11. The predicted molar refractivity (Wildman–Crippen MR) is 112 cm³/mol. The van der Waals surface area contributed by atoms with Crippen LogP contribution in [0.4, 0.5) is 0 Å². The van der Waals surface area contributed by atoms with Gasteiger partial charge >= 0.3 is 5.97 Å². The summed E-state index contributed by atoms with van der Waals surface area (Å²) in [7, 11) is 0. The molecule has 0 atom stereocenters. The predicted octanol–water partition coefficient (Wildman–Crippen LogP) is 4.99. The summed E-state index contributed by atoms with van der Waals surface area (Å²) in [4.78, 5) is 25.6. The number of phenols is 1. The van der Waals surface area contributed by atoms with Gasteiger partial charge in [0, 0.05) is 21.1 Å². The molecule has 5 nitrogen and oxygen atoms in total. The smallest absolute Gasteiger partial charge is 0.310 e. The van der Waals surface area contributed by atoms with E-state index in [1.54, 1.807) is 35.8 Å². The molecule has 0 saturated heterocycles. The van der Waals surface area contributed by atoms with E-state index < -0.39 is 5.60 Å². The number of benzene rings is 2. The summed E-state index contributed by atoms with van der Waals surface area (Å²) in [6.07, 6.45) is 0.0175. The highest BCUT2D eigenvalue weighted by molar-refractivity contribution is 9.10. The average molecular weight is 444 g/mol. The Bertz CT molecular complexity index is 1060. The van der Waals surface area contributed by atoms with E-state index in [0.29, 0.717) is 27.7 Å². The summed E-state index contributed by atoms with van der Waals surface area (Å²) in [6, 6.07) is 11.9. The van der Waals surface area contributed by atoms with E-state index in [-0.39, 0.29) is 24.0 Å². The Morgan fingerprint density at radius 1 is 1.11 bits per heavy atom. The second kappa shape index (κ2) is 7.43. The van der Waals surface area contributed by atoms with Gasteiger partial charge in [0.15, 0.2) is 0 Å². The maximum atomic E-state index is 13.2. The van der Waals surface area contributed by atoms with Crippen LogP contribution in [-0.2, 0) is 16.0 Å². The molecule has 0 radical (unpaired) electrons. The monoisotopic (exact) mass is 443 g/mol. The van der Waals surface area contributed by atoms with Gasteiger partial charge in [-0.05, 0) is 75.7 Å². The minimum absolute atomic E-state index is 0.0175. The van der Waals surface area contributed by atoms with Gasteiger partial charge in [-0.1, -0.05) is 15.9 Å². The molecule has 0 aliphatic heterocycles. The van der Waals surface area contributed by atoms with Crippen LogP contribution in [0.1, 0.15) is 42.4 Å². The topological polar surface area (TPSA) is 68.5 Å². The summed E-state index contributed by atoms with van der Waals surface area (Å²) in [5, 5.41) is 10.6. The molecule has 28 heavy (non-hydrogen) atoms. The molecule has 0 unspecified atom stereocenters. The zero-order valence-corrected chi connectivity index (χ0v) is 17.8. The zero-order valence-electron chi connectivity index (χ0n) is 16.2. The first kappa shape index (κ1) is 20.1. The van der Waals surface area contributed by atoms with Crippen molar-refractivity contribution in [3.63, 3.8) is 0 Å². The third kappa shape index (κ3) is 4.12. The van der Waals surface area contributed by atoms with Crippen molar-refractivity contribution in [2.75, 3.05) is 0 Å². The third-order valence-electron chi connectivity index (χ3n) is 4.35. The lowest BCUT2D eigenvalue weighted by atomic mass is 10.1. The fourth-order valence-electron chi connectivity index (χ4n) is 3.20. The molecule has 1 heterocycles. The Hall–Kier alpha value is -2.60. The van der Waals surface area contributed by atoms with Crippen LogP contribution < -0.4 is 0 Å². The fraction of sp³-hybridized carbons (Fsp3) is 0.273. The Morgan fingerprint density at radius 3 is 2.36 bits per heavy atom. The normalized spacial score (nSPS) is 11.6. The Labute approximate surface area is 172 Å². The zero-order chi connectivity index (χ0) is 20.6. The standard InChI is InChI=1S/C22H22BrNO4/c1-13-17(12-20(26)28-22(2,3)4)18-11-16(25)9-10-19(18)24(13)21(27)14-5-7-15(23)8-6-14/h5-11,25H,12H2,1-4H3. The number of phenolic OH excluding ortho intramolecular Hbond substituents is 1. The number of aromatic nitrogens is 1. The van der Waals surface area contributed by atoms with E-state index in [1.807, 2.05) is 32.9 Å². The number of halogens is 1. The van der Waals surface area contributed by atoms with E-state index in [2.05, 4.69) is 15.9 Å². The van der Waals surface area contributed by atoms with Crippen molar-refractivity contribution in [2.45, 2.75) is 39.7 Å². The van der Waals surface area contributed by atoms with Crippen LogP contribution in [0.15, 0.2) is 46.9 Å². The summed E-state index contributed by atoms with van der Waals surface area (Å²) < 4.78 is 7.91. The van der Waals surface area contributed by atoms with Crippen molar-refractivity contribution in [2.24, 2.45) is 0 Å². The molecule has 2 aromatic carbocycles. The highest BCUT2D eigenvalue weighted by Gasteiger charge is 2.24. The van der Waals surface area contributed by atoms with E-state index in [4.69, 9.17) is 4.74 Å². The molecule has 0 fully saturated rings. The summed E-state index contributed by atoms with van der Waals surface area (Å²) in [6.45, 7) is 7.23. The molecule has 1 aromatic heterocycles. The Kier molecular flexibility index (Phi) is 5.35. The number of carbonyl (C=O) groups is 2. The molecule has 3 rings (SSSR count). The lowest BCUT2D eigenvalue weighted by Crippen LogP contribution is -2.25. The molecule has 0 saturated carbocycles. The minimum Gasteiger partial charge on any atom is -0.508 e. The molecule has 1 N–H and O–H groups in total. The number of aromatic hydroxyl groups is 1. The van der Waals surface area contributed by atoms with Gasteiger partial charge in [-0.15, -0.1) is 0 Å². The van der Waals surface area contributed by atoms with Crippen LogP contribution in [0.5, 0.6) is 5.75 Å². The third-order valence-corrected chi connectivity index (χ3v) is 4.88. The lowest BCUT2D eigenvalue weighted by Gasteiger charge is -2.19. The number of esters is 1. The van der Waals surface area contributed by atoms with Gasteiger partial charge in [-0.2, -0.15) is 0 Å². The van der Waals surface area contributed by atoms with Crippen molar-refractivity contribution in [3.8, 4) is 5.75 Å². The Morgan fingerprint density at radius 2 is 1.75 bits per heavy atom. The number of fused-ring (bicyclic) bond motifs is 1. The fourth-order valence-corrected chi connectivity index (χ4v) is 3.46. The van der Waals surface area contributed by atoms with E-state index in [1.165, 1.54) is 6.07 Å². The molecule has 3 aromatic rings. The molecule has 146 valence electrons. The summed E-state index contributed by atoms with van der Waals surface area (Å²) in [5.74, 6) is -0.503. The number of hydrogen-bond donors (Lipinski definition) is 1. The number of carbonyl (C=O) groups excluding carboxylic acids is 2. The van der Waals surface area contributed by atoms with Gasteiger partial charge in [0.25, 0.3) is 5.91 Å². The average Bonchev–Trinajstić information content (AvgIpc) is 2.85. The van der Waals surface area contributed by atoms with Crippen LogP contribution in [0.2, 0.25) is 0 Å². The highest BCUT2D eigenvalue weighted by Crippen LogP contribution is 2.31. The number of rotatable bonds is 3. The van der Waals surface area contributed by atoms with Crippen molar-refractivity contribution in [1.82, 2.24) is 4.57 Å². The van der Waals surface area contributed by atoms with Crippen LogP contribution in [0.3, 0.4) is 0 Å². The van der Waals surface area contributed by atoms with Crippen molar-refractivity contribution in [1.29, 1.82) is 0 Å². The van der Waals surface area contributed by atoms with Gasteiger partial charge < -0.3 is 9.84 Å². The quantitative estimate of drug-likeness (QED) is 0.578. The first-order valence-corrected chi connectivity index (χ1v) is 9.71. The van der Waals surface area contributed by atoms with E-state index >= 15 is 0 Å². The van der Waals surface area contributed by atoms with Gasteiger partial charge in [0.2, 0.25) is 0 Å². The molecule has 6 heteroatoms. The second-order valence-corrected chi connectivity index (χ2v) is 8.59. The first-order valence-electron chi connectivity index (χ1n) is 8.92. The van der Waals surface area contributed by atoms with Crippen LogP contribution in [0, 0.1) is 6.92 Å². The van der Waals surface area contributed by atoms with Crippen molar-refractivity contribution < 1.29 is 19.4 Å². The van der Waals surface area contributed by atoms with Crippen molar-refractivity contribution >= 4 is 38.7 Å². The van der Waals surface area contributed by atoms with Crippen LogP contribution >= 0.6 is 15.9 Å². The van der Waals surface area contributed by atoms with E-state index in [0.717, 1.165) is 4.47 Å². The highest BCUT2D eigenvalue weighted by atomic mass is 79.9. The van der Waals surface area contributed by atoms with Crippen LogP contribution in [-0.4, -0.2) is 27.2 Å². The number of hydrogen-bond acceptors (Lipinski definition) is 4. The molecular weight excluding hydrogens is 422 g/mol. The maximum absolute atomic E-state index is 13.2. The molecule has 0 aliphatic rings. The van der Waals surface area contributed by atoms with Gasteiger partial charge in [-0.3, -0.25) is 14.2 Å². The molecule has 0 aliphatic carbocycles. The maximum Gasteiger partial charge on any atom is 0.310 e.